The third-order valence-electron chi connectivity index (χ3n) is 7.62. The summed E-state index contributed by atoms with van der Waals surface area (Å²) in [5.41, 5.74) is 1.51. The molecule has 1 atom stereocenters. The Kier molecular flexibility index (Phi) is 8.39. The molecule has 2 N–H and O–H groups in total. The zero-order valence-electron chi connectivity index (χ0n) is 21.4. The Bertz CT molecular complexity index is 1380. The number of aliphatic carboxylic acids is 1. The number of carboxylic acids is 1. The van der Waals surface area contributed by atoms with Gasteiger partial charge in [0.25, 0.3) is 5.91 Å². The minimum atomic E-state index is -1.31. The van der Waals surface area contributed by atoms with Gasteiger partial charge in [-0.2, -0.15) is 5.10 Å². The fourth-order valence-electron chi connectivity index (χ4n) is 5.51. The lowest BCUT2D eigenvalue weighted by Crippen LogP contribution is -2.35. The van der Waals surface area contributed by atoms with E-state index in [1.54, 1.807) is 0 Å². The van der Waals surface area contributed by atoms with Crippen LogP contribution in [-0.4, -0.2) is 48.3 Å². The SMILES string of the molecule is O=C(O)C1CCC(n2ncc(C(=O)N(Cc3cc(F)cc(F)c3)CC(O)c3c(Cl)cncc3Cl)c2C2CC2)CC1. The Morgan fingerprint density at radius 2 is 1.62 bits per heavy atom. The predicted octanol–water partition coefficient (Wildman–Crippen LogP) is 5.93. The zero-order chi connectivity index (χ0) is 28.6. The van der Waals surface area contributed by atoms with Crippen molar-refractivity contribution >= 4 is 35.1 Å². The summed E-state index contributed by atoms with van der Waals surface area (Å²) in [4.78, 5) is 30.7. The highest BCUT2D eigenvalue weighted by atomic mass is 35.5. The van der Waals surface area contributed by atoms with E-state index in [2.05, 4.69) is 10.1 Å². The number of carbonyl (C=O) groups excluding carboxylic acids is 1. The summed E-state index contributed by atoms with van der Waals surface area (Å²) < 4.78 is 29.9. The van der Waals surface area contributed by atoms with Crippen molar-refractivity contribution in [3.63, 3.8) is 0 Å². The number of halogens is 4. The third-order valence-corrected chi connectivity index (χ3v) is 8.22. The number of pyridine rings is 1. The minimum absolute atomic E-state index is 0.0291. The molecule has 0 saturated heterocycles. The molecule has 212 valence electrons. The molecule has 2 aliphatic carbocycles. The van der Waals surface area contributed by atoms with Crippen LogP contribution in [0.15, 0.2) is 36.8 Å². The Balaban J connectivity index is 1.47. The summed E-state index contributed by atoms with van der Waals surface area (Å²) in [6, 6.07) is 2.98. The average molecular weight is 593 g/mol. The summed E-state index contributed by atoms with van der Waals surface area (Å²) in [7, 11) is 0. The van der Waals surface area contributed by atoms with Crippen LogP contribution in [0.25, 0.3) is 0 Å². The number of hydrogen-bond acceptors (Lipinski definition) is 5. The number of aromatic nitrogens is 3. The molecule has 8 nitrogen and oxygen atoms in total. The van der Waals surface area contributed by atoms with Crippen LogP contribution in [0, 0.1) is 17.6 Å². The van der Waals surface area contributed by atoms with Crippen molar-refractivity contribution in [3.8, 4) is 0 Å². The number of carbonyl (C=O) groups is 2. The van der Waals surface area contributed by atoms with Crippen LogP contribution in [0.2, 0.25) is 10.0 Å². The summed E-state index contributed by atoms with van der Waals surface area (Å²) in [6.45, 7) is -0.455. The molecule has 1 amide bonds. The van der Waals surface area contributed by atoms with Crippen LogP contribution >= 0.6 is 23.2 Å². The third kappa shape index (κ3) is 6.14. The van der Waals surface area contributed by atoms with Gasteiger partial charge in [0.2, 0.25) is 0 Å². The molecule has 5 rings (SSSR count). The second-order valence-corrected chi connectivity index (χ2v) is 11.3. The van der Waals surface area contributed by atoms with Gasteiger partial charge < -0.3 is 15.1 Å². The van der Waals surface area contributed by atoms with Gasteiger partial charge in [-0.3, -0.25) is 19.3 Å². The zero-order valence-corrected chi connectivity index (χ0v) is 23.0. The van der Waals surface area contributed by atoms with Gasteiger partial charge in [-0.25, -0.2) is 8.78 Å². The van der Waals surface area contributed by atoms with E-state index in [-0.39, 0.29) is 52.1 Å². The molecule has 2 aromatic heterocycles. The number of aliphatic hydroxyl groups excluding tert-OH is 1. The molecule has 2 aliphatic rings. The molecule has 1 unspecified atom stereocenters. The van der Waals surface area contributed by atoms with Crippen LogP contribution in [0.5, 0.6) is 0 Å². The second kappa shape index (κ2) is 11.8. The van der Waals surface area contributed by atoms with Gasteiger partial charge in [-0.15, -0.1) is 0 Å². The molecule has 2 saturated carbocycles. The molecule has 2 heterocycles. The van der Waals surface area contributed by atoms with Crippen molar-refractivity contribution < 1.29 is 28.6 Å². The monoisotopic (exact) mass is 592 g/mol. The molecule has 0 spiro atoms. The maximum atomic E-state index is 14.1. The number of hydrogen-bond donors (Lipinski definition) is 2. The number of aliphatic hydroxyl groups is 1. The Morgan fingerprint density at radius 1 is 1.00 bits per heavy atom. The highest BCUT2D eigenvalue weighted by molar-refractivity contribution is 6.35. The second-order valence-electron chi connectivity index (χ2n) is 10.5. The van der Waals surface area contributed by atoms with E-state index in [9.17, 15) is 28.6 Å². The van der Waals surface area contributed by atoms with E-state index in [0.717, 1.165) is 36.7 Å². The maximum absolute atomic E-state index is 14.1. The van der Waals surface area contributed by atoms with Crippen LogP contribution < -0.4 is 0 Å². The summed E-state index contributed by atoms with van der Waals surface area (Å²) in [5, 5.41) is 25.3. The fourth-order valence-corrected chi connectivity index (χ4v) is 6.13. The first-order valence-electron chi connectivity index (χ1n) is 13.1. The molecule has 0 aliphatic heterocycles. The lowest BCUT2D eigenvalue weighted by atomic mass is 9.86. The summed E-state index contributed by atoms with van der Waals surface area (Å²) in [5.74, 6) is -3.08. The fraction of sp³-hybridized carbons (Fsp3) is 0.429. The van der Waals surface area contributed by atoms with Crippen molar-refractivity contribution in [2.45, 2.75) is 63.1 Å². The lowest BCUT2D eigenvalue weighted by Gasteiger charge is -2.29. The van der Waals surface area contributed by atoms with Crippen LogP contribution in [0.3, 0.4) is 0 Å². The van der Waals surface area contributed by atoms with E-state index >= 15 is 0 Å². The number of carboxylic acid groups (broad SMARTS) is 1. The van der Waals surface area contributed by atoms with Gasteiger partial charge in [-0.05, 0) is 56.2 Å². The first kappa shape index (κ1) is 28.4. The minimum Gasteiger partial charge on any atom is -0.481 e. The van der Waals surface area contributed by atoms with Crippen molar-refractivity contribution in [3.05, 3.63) is 80.9 Å². The first-order chi connectivity index (χ1) is 19.1. The van der Waals surface area contributed by atoms with Gasteiger partial charge in [0.05, 0.1) is 52.1 Å². The van der Waals surface area contributed by atoms with Gasteiger partial charge in [0, 0.05) is 36.5 Å². The molecular formula is C28H28Cl2F2N4O4. The van der Waals surface area contributed by atoms with E-state index in [1.165, 1.54) is 23.5 Å². The Morgan fingerprint density at radius 3 is 2.20 bits per heavy atom. The molecular weight excluding hydrogens is 565 g/mol. The van der Waals surface area contributed by atoms with Crippen molar-refractivity contribution in [1.82, 2.24) is 19.7 Å². The van der Waals surface area contributed by atoms with E-state index in [4.69, 9.17) is 23.2 Å². The van der Waals surface area contributed by atoms with Crippen LogP contribution in [0.4, 0.5) is 8.78 Å². The molecule has 0 bridgehead atoms. The summed E-state index contributed by atoms with van der Waals surface area (Å²) in [6.07, 6.45) is 6.95. The van der Waals surface area contributed by atoms with E-state index in [0.29, 0.717) is 31.2 Å². The van der Waals surface area contributed by atoms with E-state index in [1.807, 2.05) is 4.68 Å². The van der Waals surface area contributed by atoms with Crippen molar-refractivity contribution in [2.75, 3.05) is 6.54 Å². The molecule has 1 aromatic carbocycles. The lowest BCUT2D eigenvalue weighted by molar-refractivity contribution is -0.143. The first-order valence-corrected chi connectivity index (χ1v) is 13.9. The number of benzene rings is 1. The molecule has 3 aromatic rings. The number of nitrogens with zero attached hydrogens (tertiary/aromatic N) is 4. The maximum Gasteiger partial charge on any atom is 0.306 e. The molecule has 0 radical (unpaired) electrons. The van der Waals surface area contributed by atoms with E-state index < -0.39 is 29.6 Å². The van der Waals surface area contributed by atoms with Crippen molar-refractivity contribution in [2.24, 2.45) is 5.92 Å². The topological polar surface area (TPSA) is 109 Å². The van der Waals surface area contributed by atoms with Crippen LogP contribution in [-0.2, 0) is 11.3 Å². The predicted molar refractivity (Wildman–Crippen MR) is 143 cm³/mol. The van der Waals surface area contributed by atoms with Crippen molar-refractivity contribution in [1.29, 1.82) is 0 Å². The van der Waals surface area contributed by atoms with Gasteiger partial charge in [-0.1, -0.05) is 23.2 Å². The number of rotatable bonds is 9. The Hall–Kier alpha value is -3.08. The average Bonchev–Trinajstić information content (AvgIpc) is 3.64. The standard InChI is InChI=1S/C28H28Cl2F2N4O4/c29-22-11-33-12-23(30)25(22)24(37)14-35(13-15-7-18(31)9-19(32)8-15)27(38)21-10-34-36(26(21)16-1-2-16)20-5-3-17(4-6-20)28(39)40/h7-12,16-17,20,24,37H,1-6,13-14H2,(H,39,40). The number of amides is 1. The largest absolute Gasteiger partial charge is 0.481 e. The molecule has 40 heavy (non-hydrogen) atoms. The molecule has 12 heteroatoms. The highest BCUT2D eigenvalue weighted by Gasteiger charge is 2.37. The molecule has 2 fully saturated rings. The van der Waals surface area contributed by atoms with Gasteiger partial charge >= 0.3 is 5.97 Å². The van der Waals surface area contributed by atoms with Gasteiger partial charge in [0.1, 0.15) is 11.6 Å². The highest BCUT2D eigenvalue weighted by Crippen LogP contribution is 2.45. The van der Waals surface area contributed by atoms with Gasteiger partial charge in [0.15, 0.2) is 0 Å². The normalized spacial score (nSPS) is 19.8. The van der Waals surface area contributed by atoms with Crippen LogP contribution in [0.1, 0.15) is 83.8 Å². The smallest absolute Gasteiger partial charge is 0.306 e. The Labute approximate surface area is 239 Å². The summed E-state index contributed by atoms with van der Waals surface area (Å²) >= 11 is 12.5. The quantitative estimate of drug-likeness (QED) is 0.318.